The van der Waals surface area contributed by atoms with Crippen molar-refractivity contribution in [2.24, 2.45) is 0 Å². The standard InChI is InChI=1S/C21H20FNO3/c1-2-3-6-14-11-20(24)26-21-15(14)9-10-19-16(21)12-23(13-25-19)18-8-5-4-7-17(18)22/h4-5,7-11H,2-3,6,12-13H2,1H3. The van der Waals surface area contributed by atoms with Gasteiger partial charge in [0.2, 0.25) is 0 Å². The second-order valence-corrected chi connectivity index (χ2v) is 6.54. The molecule has 134 valence electrons. The van der Waals surface area contributed by atoms with E-state index in [4.69, 9.17) is 9.15 Å². The van der Waals surface area contributed by atoms with E-state index in [1.165, 1.54) is 6.07 Å². The maximum atomic E-state index is 14.2. The summed E-state index contributed by atoms with van der Waals surface area (Å²) in [6.45, 7) is 2.79. The van der Waals surface area contributed by atoms with Gasteiger partial charge in [0.25, 0.3) is 0 Å². The summed E-state index contributed by atoms with van der Waals surface area (Å²) >= 11 is 0. The van der Waals surface area contributed by atoms with Crippen LogP contribution in [0.1, 0.15) is 30.9 Å². The van der Waals surface area contributed by atoms with Crippen molar-refractivity contribution in [3.8, 4) is 5.75 Å². The Morgan fingerprint density at radius 3 is 2.85 bits per heavy atom. The number of unbranched alkanes of at least 4 members (excludes halogenated alkanes) is 1. The third kappa shape index (κ3) is 2.94. The molecule has 2 heterocycles. The Balaban J connectivity index is 1.81. The number of fused-ring (bicyclic) bond motifs is 3. The number of halogens is 1. The van der Waals surface area contributed by atoms with Gasteiger partial charge in [0.05, 0.1) is 17.8 Å². The average molecular weight is 353 g/mol. The van der Waals surface area contributed by atoms with E-state index in [0.717, 1.165) is 35.8 Å². The van der Waals surface area contributed by atoms with Crippen LogP contribution in [0.15, 0.2) is 51.7 Å². The summed E-state index contributed by atoms with van der Waals surface area (Å²) in [6.07, 6.45) is 2.89. The number of para-hydroxylation sites is 1. The van der Waals surface area contributed by atoms with E-state index in [1.807, 2.05) is 12.1 Å². The van der Waals surface area contributed by atoms with Crippen LogP contribution in [0.4, 0.5) is 10.1 Å². The van der Waals surface area contributed by atoms with Crippen molar-refractivity contribution in [3.05, 3.63) is 69.8 Å². The lowest BCUT2D eigenvalue weighted by Crippen LogP contribution is -2.32. The molecule has 3 aromatic rings. The van der Waals surface area contributed by atoms with Gasteiger partial charge >= 0.3 is 5.63 Å². The summed E-state index contributed by atoms with van der Waals surface area (Å²) < 4.78 is 25.5. The Labute approximate surface area is 150 Å². The molecule has 0 unspecified atom stereocenters. The molecular formula is C21H20FNO3. The van der Waals surface area contributed by atoms with E-state index >= 15 is 0 Å². The zero-order chi connectivity index (χ0) is 18.1. The second-order valence-electron chi connectivity index (χ2n) is 6.54. The minimum absolute atomic E-state index is 0.249. The van der Waals surface area contributed by atoms with Gasteiger partial charge in [0.1, 0.15) is 17.1 Å². The number of nitrogens with zero attached hydrogens (tertiary/aromatic N) is 1. The van der Waals surface area contributed by atoms with Gasteiger partial charge in [-0.25, -0.2) is 9.18 Å². The number of ether oxygens (including phenoxy) is 1. The molecule has 2 aromatic carbocycles. The van der Waals surface area contributed by atoms with Gasteiger partial charge in [0.15, 0.2) is 6.73 Å². The molecule has 0 aliphatic carbocycles. The van der Waals surface area contributed by atoms with Gasteiger partial charge < -0.3 is 14.1 Å². The smallest absolute Gasteiger partial charge is 0.336 e. The summed E-state index contributed by atoms with van der Waals surface area (Å²) in [5.41, 5.74) is 2.43. The molecule has 0 N–H and O–H groups in total. The zero-order valence-electron chi connectivity index (χ0n) is 14.6. The van der Waals surface area contributed by atoms with Gasteiger partial charge in [-0.15, -0.1) is 0 Å². The topological polar surface area (TPSA) is 42.7 Å². The Bertz CT molecular complexity index is 1010. The molecule has 4 rings (SSSR count). The molecule has 0 saturated carbocycles. The molecule has 1 aliphatic heterocycles. The Hall–Kier alpha value is -2.82. The first-order chi connectivity index (χ1) is 12.7. The number of hydrogen-bond acceptors (Lipinski definition) is 4. The first kappa shape index (κ1) is 16.6. The monoisotopic (exact) mass is 353 g/mol. The van der Waals surface area contributed by atoms with E-state index in [1.54, 1.807) is 29.2 Å². The number of hydrogen-bond donors (Lipinski definition) is 0. The summed E-state index contributed by atoms with van der Waals surface area (Å²) in [6, 6.07) is 12.0. The molecule has 5 heteroatoms. The SMILES string of the molecule is CCCCc1cc(=O)oc2c3c(ccc12)OCN(c1ccccc1F)C3. The fraction of sp³-hybridized carbons (Fsp3) is 0.286. The molecule has 0 spiro atoms. The van der Waals surface area contributed by atoms with E-state index < -0.39 is 0 Å². The van der Waals surface area contributed by atoms with E-state index in [2.05, 4.69) is 6.92 Å². The molecule has 0 radical (unpaired) electrons. The average Bonchev–Trinajstić information content (AvgIpc) is 2.66. The van der Waals surface area contributed by atoms with Crippen LogP contribution in [0.3, 0.4) is 0 Å². The van der Waals surface area contributed by atoms with Crippen molar-refractivity contribution in [1.82, 2.24) is 0 Å². The van der Waals surface area contributed by atoms with Crippen molar-refractivity contribution in [1.29, 1.82) is 0 Å². The maximum Gasteiger partial charge on any atom is 0.336 e. The van der Waals surface area contributed by atoms with Gasteiger partial charge in [-0.3, -0.25) is 0 Å². The number of anilines is 1. The number of benzene rings is 2. The summed E-state index contributed by atoms with van der Waals surface area (Å²) in [7, 11) is 0. The van der Waals surface area contributed by atoms with Crippen LogP contribution in [0, 0.1) is 5.82 Å². The quantitative estimate of drug-likeness (QED) is 0.641. The lowest BCUT2D eigenvalue weighted by molar-refractivity contribution is 0.287. The number of aryl methyl sites for hydroxylation is 1. The molecule has 0 fully saturated rings. The van der Waals surface area contributed by atoms with Crippen molar-refractivity contribution >= 4 is 16.7 Å². The first-order valence-electron chi connectivity index (χ1n) is 8.88. The molecular weight excluding hydrogens is 333 g/mol. The molecule has 0 bridgehead atoms. The van der Waals surface area contributed by atoms with Crippen LogP contribution in [0.2, 0.25) is 0 Å². The zero-order valence-corrected chi connectivity index (χ0v) is 14.6. The molecule has 26 heavy (non-hydrogen) atoms. The molecule has 1 aromatic heterocycles. The van der Waals surface area contributed by atoms with Crippen LogP contribution in [-0.2, 0) is 13.0 Å². The normalized spacial score (nSPS) is 13.5. The summed E-state index contributed by atoms with van der Waals surface area (Å²) in [4.78, 5) is 13.9. The van der Waals surface area contributed by atoms with Crippen LogP contribution in [0.5, 0.6) is 5.75 Å². The Morgan fingerprint density at radius 2 is 2.04 bits per heavy atom. The predicted octanol–water partition coefficient (Wildman–Crippen LogP) is 4.63. The van der Waals surface area contributed by atoms with Crippen LogP contribution in [0.25, 0.3) is 11.0 Å². The third-order valence-corrected chi connectivity index (χ3v) is 4.78. The molecule has 0 amide bonds. The molecule has 0 atom stereocenters. The minimum Gasteiger partial charge on any atom is -0.473 e. The van der Waals surface area contributed by atoms with Gasteiger partial charge in [-0.1, -0.05) is 25.5 Å². The van der Waals surface area contributed by atoms with Crippen molar-refractivity contribution in [3.63, 3.8) is 0 Å². The van der Waals surface area contributed by atoms with Gasteiger partial charge in [0, 0.05) is 11.5 Å². The largest absolute Gasteiger partial charge is 0.473 e. The molecule has 0 saturated heterocycles. The van der Waals surface area contributed by atoms with E-state index in [-0.39, 0.29) is 18.2 Å². The van der Waals surface area contributed by atoms with Crippen LogP contribution >= 0.6 is 0 Å². The van der Waals surface area contributed by atoms with Crippen molar-refractivity contribution in [2.45, 2.75) is 32.7 Å². The first-order valence-corrected chi connectivity index (χ1v) is 8.88. The highest BCUT2D eigenvalue weighted by molar-refractivity contribution is 5.85. The Morgan fingerprint density at radius 1 is 1.19 bits per heavy atom. The van der Waals surface area contributed by atoms with Gasteiger partial charge in [-0.05, 0) is 42.7 Å². The van der Waals surface area contributed by atoms with Gasteiger partial charge in [-0.2, -0.15) is 0 Å². The second kappa shape index (κ2) is 6.83. The summed E-state index contributed by atoms with van der Waals surface area (Å²) in [5.74, 6) is 0.380. The van der Waals surface area contributed by atoms with E-state index in [9.17, 15) is 9.18 Å². The predicted molar refractivity (Wildman–Crippen MR) is 99.2 cm³/mol. The van der Waals surface area contributed by atoms with Crippen LogP contribution in [-0.4, -0.2) is 6.73 Å². The van der Waals surface area contributed by atoms with Crippen LogP contribution < -0.4 is 15.3 Å². The summed E-state index contributed by atoms with van der Waals surface area (Å²) in [5, 5.41) is 0.927. The Kier molecular flexibility index (Phi) is 4.37. The fourth-order valence-electron chi connectivity index (χ4n) is 3.44. The van der Waals surface area contributed by atoms with Crippen molar-refractivity contribution < 1.29 is 13.5 Å². The molecule has 4 nitrogen and oxygen atoms in total. The lowest BCUT2D eigenvalue weighted by Gasteiger charge is -2.31. The van der Waals surface area contributed by atoms with Crippen molar-refractivity contribution in [2.75, 3.05) is 11.6 Å². The molecule has 1 aliphatic rings. The highest BCUT2D eigenvalue weighted by Crippen LogP contribution is 2.35. The minimum atomic E-state index is -0.361. The maximum absolute atomic E-state index is 14.2. The third-order valence-electron chi connectivity index (χ3n) is 4.78. The number of rotatable bonds is 4. The van der Waals surface area contributed by atoms with E-state index in [0.29, 0.717) is 23.6 Å². The fourth-order valence-corrected chi connectivity index (χ4v) is 3.44. The highest BCUT2D eigenvalue weighted by Gasteiger charge is 2.24. The lowest BCUT2D eigenvalue weighted by atomic mass is 10.0. The highest BCUT2D eigenvalue weighted by atomic mass is 19.1.